The molecule has 3 rings (SSSR count). The molecule has 1 amide bonds. The highest BCUT2D eigenvalue weighted by Crippen LogP contribution is 2.40. The summed E-state index contributed by atoms with van der Waals surface area (Å²) in [5, 5.41) is 9.80. The number of anilines is 1. The monoisotopic (exact) mass is 371 g/mol. The first-order valence-corrected chi connectivity index (χ1v) is 8.93. The molecule has 130 valence electrons. The second kappa shape index (κ2) is 5.83. The molecule has 1 aromatic rings. The third-order valence-corrected chi connectivity index (χ3v) is 6.23. The van der Waals surface area contributed by atoms with Crippen LogP contribution in [0.5, 0.6) is 0 Å². The van der Waals surface area contributed by atoms with Gasteiger partial charge in [0.05, 0.1) is 11.4 Å². The van der Waals surface area contributed by atoms with Crippen LogP contribution in [0.15, 0.2) is 0 Å². The van der Waals surface area contributed by atoms with Gasteiger partial charge in [-0.25, -0.2) is 9.37 Å². The van der Waals surface area contributed by atoms with Gasteiger partial charge in [0.25, 0.3) is 11.7 Å². The van der Waals surface area contributed by atoms with E-state index in [2.05, 4.69) is 4.98 Å². The molecule has 0 radical (unpaired) electrons. The number of piperazine rings is 2. The van der Waals surface area contributed by atoms with Crippen LogP contribution in [0.3, 0.4) is 0 Å². The molecule has 1 atom stereocenters. The van der Waals surface area contributed by atoms with Gasteiger partial charge >= 0.3 is 0 Å². The molecule has 0 aromatic carbocycles. The Bertz CT molecular complexity index is 712. The summed E-state index contributed by atoms with van der Waals surface area (Å²) in [6.07, 6.45) is 1.93. The Balaban J connectivity index is 1.91. The lowest BCUT2D eigenvalue weighted by Crippen LogP contribution is -2.70. The minimum atomic E-state index is -2.19. The second-order valence-electron chi connectivity index (χ2n) is 7.09. The lowest BCUT2D eigenvalue weighted by molar-refractivity contribution is -0.156. The number of aromatic nitrogens is 1. The fraction of sp³-hybridized carbons (Fsp3) is 0.667. The fourth-order valence-electron chi connectivity index (χ4n) is 3.01. The molecule has 0 bridgehead atoms. The molecule has 2 saturated heterocycles. The van der Waals surface area contributed by atoms with E-state index in [9.17, 15) is 4.79 Å². The van der Waals surface area contributed by atoms with Crippen molar-refractivity contribution in [2.75, 3.05) is 37.6 Å². The van der Waals surface area contributed by atoms with Crippen molar-refractivity contribution in [1.29, 1.82) is 5.26 Å². The number of alkyl halides is 1. The van der Waals surface area contributed by atoms with Crippen LogP contribution in [0.2, 0.25) is 5.15 Å². The molecule has 1 aromatic heterocycles. The van der Waals surface area contributed by atoms with E-state index in [1.165, 1.54) is 26.0 Å². The molecule has 2 aliphatic heterocycles. The second-order valence-corrected chi connectivity index (χ2v) is 8.43. The maximum Gasteiger partial charge on any atom is 0.283 e. The number of nitrogens with zero attached hydrogens (tertiary/aromatic N) is 5. The van der Waals surface area contributed by atoms with E-state index < -0.39 is 11.7 Å². The van der Waals surface area contributed by atoms with Crippen LogP contribution < -0.4 is 4.90 Å². The van der Waals surface area contributed by atoms with Gasteiger partial charge in [0, 0.05) is 26.2 Å². The van der Waals surface area contributed by atoms with E-state index in [4.69, 9.17) is 16.9 Å². The normalized spacial score (nSPS) is 25.6. The van der Waals surface area contributed by atoms with Crippen molar-refractivity contribution in [2.45, 2.75) is 32.0 Å². The Labute approximate surface area is 149 Å². The number of hydrogen-bond acceptors (Lipinski definition) is 6. The van der Waals surface area contributed by atoms with Gasteiger partial charge in [-0.05, 0) is 5.41 Å². The van der Waals surface area contributed by atoms with Crippen LogP contribution in [0.25, 0.3) is 0 Å². The largest absolute Gasteiger partial charge is 0.304 e. The highest BCUT2D eigenvalue weighted by Gasteiger charge is 2.54. The summed E-state index contributed by atoms with van der Waals surface area (Å²) in [7, 11) is 0. The molecule has 2 fully saturated rings. The smallest absolute Gasteiger partial charge is 0.283 e. The highest BCUT2D eigenvalue weighted by molar-refractivity contribution is 7.16. The summed E-state index contributed by atoms with van der Waals surface area (Å²) in [6, 6.07) is 0. The van der Waals surface area contributed by atoms with E-state index in [1.807, 2.05) is 27.0 Å². The van der Waals surface area contributed by atoms with Crippen LogP contribution in [-0.4, -0.2) is 59.2 Å². The molecule has 6 nitrogen and oxygen atoms in total. The lowest BCUT2D eigenvalue weighted by Gasteiger charge is -2.48. The molecule has 24 heavy (non-hydrogen) atoms. The summed E-state index contributed by atoms with van der Waals surface area (Å²) in [6.45, 7) is 7.36. The number of amides is 1. The Morgan fingerprint density at radius 3 is 2.58 bits per heavy atom. The summed E-state index contributed by atoms with van der Waals surface area (Å²) in [5.41, 5.74) is -0.201. The van der Waals surface area contributed by atoms with Crippen LogP contribution in [-0.2, 0) is 10.2 Å². The average molecular weight is 372 g/mol. The molecule has 9 heteroatoms. The zero-order valence-electron chi connectivity index (χ0n) is 13.8. The number of rotatable bonds is 1. The molecular formula is C15H19ClFN5OS. The van der Waals surface area contributed by atoms with Crippen molar-refractivity contribution in [3.63, 3.8) is 0 Å². The zero-order chi connectivity index (χ0) is 17.7. The van der Waals surface area contributed by atoms with Gasteiger partial charge in [-0.1, -0.05) is 43.7 Å². The van der Waals surface area contributed by atoms with Crippen molar-refractivity contribution in [3.8, 4) is 6.19 Å². The van der Waals surface area contributed by atoms with Crippen molar-refractivity contribution >= 4 is 34.0 Å². The van der Waals surface area contributed by atoms with Gasteiger partial charge in [-0.2, -0.15) is 5.26 Å². The molecule has 0 unspecified atom stereocenters. The van der Waals surface area contributed by atoms with Crippen LogP contribution in [0, 0.1) is 11.5 Å². The van der Waals surface area contributed by atoms with Crippen molar-refractivity contribution in [3.05, 3.63) is 10.0 Å². The number of hydrogen-bond donors (Lipinski definition) is 0. The Morgan fingerprint density at radius 1 is 1.33 bits per heavy atom. The number of halogens is 2. The van der Waals surface area contributed by atoms with E-state index in [0.717, 1.165) is 4.88 Å². The number of fused-ring (bicyclic) bond motifs is 1. The summed E-state index contributed by atoms with van der Waals surface area (Å²) >= 11 is 7.54. The molecule has 0 N–H and O–H groups in total. The third kappa shape index (κ3) is 2.75. The SMILES string of the molecule is CC(C)(C)c1sc(N2CCN3CCN(C#N)C[C@]3(F)C2=O)nc1Cl. The van der Waals surface area contributed by atoms with Gasteiger partial charge < -0.3 is 4.90 Å². The quantitative estimate of drug-likeness (QED) is 0.559. The zero-order valence-corrected chi connectivity index (χ0v) is 15.4. The van der Waals surface area contributed by atoms with E-state index in [1.54, 1.807) is 0 Å². The molecule has 0 aliphatic carbocycles. The van der Waals surface area contributed by atoms with Crippen LogP contribution in [0.1, 0.15) is 25.6 Å². The predicted molar refractivity (Wildman–Crippen MR) is 90.8 cm³/mol. The van der Waals surface area contributed by atoms with Crippen molar-refractivity contribution in [2.24, 2.45) is 0 Å². The topological polar surface area (TPSA) is 63.5 Å². The standard InChI is InChI=1S/C15H19ClFN5OS/c1-14(2,3)10-11(16)19-13(24-10)22-7-6-21-5-4-20(9-18)8-15(21,17)12(22)23/h4-8H2,1-3H3/t15-/m1/s1. The van der Waals surface area contributed by atoms with Crippen LogP contribution in [0.4, 0.5) is 9.52 Å². The maximum atomic E-state index is 15.4. The number of thiazole rings is 1. The van der Waals surface area contributed by atoms with E-state index in [0.29, 0.717) is 36.5 Å². The minimum absolute atomic E-state index is 0.201. The Hall–Kier alpha value is -1.43. The maximum absolute atomic E-state index is 15.4. The van der Waals surface area contributed by atoms with Gasteiger partial charge in [0.1, 0.15) is 5.15 Å². The summed E-state index contributed by atoms with van der Waals surface area (Å²) in [4.78, 5) is 22.1. The summed E-state index contributed by atoms with van der Waals surface area (Å²) < 4.78 is 15.4. The van der Waals surface area contributed by atoms with E-state index >= 15 is 4.39 Å². The van der Waals surface area contributed by atoms with Gasteiger partial charge in [-0.3, -0.25) is 14.6 Å². The molecule has 2 aliphatic rings. The van der Waals surface area contributed by atoms with Crippen molar-refractivity contribution < 1.29 is 9.18 Å². The number of carbonyl (C=O) groups is 1. The Morgan fingerprint density at radius 2 is 2.00 bits per heavy atom. The third-order valence-electron chi connectivity index (χ3n) is 4.34. The fourth-order valence-corrected chi connectivity index (χ4v) is 4.58. The predicted octanol–water partition coefficient (Wildman–Crippen LogP) is 2.21. The molecule has 0 saturated carbocycles. The van der Waals surface area contributed by atoms with E-state index in [-0.39, 0.29) is 12.0 Å². The first-order chi connectivity index (χ1) is 11.2. The van der Waals surface area contributed by atoms with Gasteiger partial charge in [0.2, 0.25) is 0 Å². The molecular weight excluding hydrogens is 353 g/mol. The van der Waals surface area contributed by atoms with Gasteiger partial charge in [-0.15, -0.1) is 0 Å². The summed E-state index contributed by atoms with van der Waals surface area (Å²) in [5.74, 6) is -2.86. The number of carbonyl (C=O) groups excluding carboxylic acids is 1. The Kier molecular flexibility index (Phi) is 4.22. The average Bonchev–Trinajstić information content (AvgIpc) is 2.90. The van der Waals surface area contributed by atoms with Gasteiger partial charge in [0.15, 0.2) is 11.3 Å². The lowest BCUT2D eigenvalue weighted by atomic mass is 9.95. The number of nitriles is 1. The minimum Gasteiger partial charge on any atom is -0.304 e. The molecule has 0 spiro atoms. The highest BCUT2D eigenvalue weighted by atomic mass is 35.5. The molecule has 3 heterocycles. The first-order valence-electron chi connectivity index (χ1n) is 7.74. The van der Waals surface area contributed by atoms with Crippen molar-refractivity contribution in [1.82, 2.24) is 14.8 Å². The first kappa shape index (κ1) is 17.4. The van der Waals surface area contributed by atoms with Crippen LogP contribution >= 0.6 is 22.9 Å².